The number of nitrogens with zero attached hydrogens (tertiary/aromatic N) is 2. The number of rotatable bonds is 8. The quantitative estimate of drug-likeness (QED) is 0.276. The van der Waals surface area contributed by atoms with E-state index in [1.54, 1.807) is 30.3 Å². The molecule has 7 nitrogen and oxygen atoms in total. The molecule has 0 fully saturated rings. The van der Waals surface area contributed by atoms with E-state index in [4.69, 9.17) is 15.1 Å². The molecule has 0 saturated heterocycles. The number of amides is 1. The number of aryl methyl sites for hydroxylation is 1. The van der Waals surface area contributed by atoms with E-state index < -0.39 is 5.97 Å². The van der Waals surface area contributed by atoms with Gasteiger partial charge in [-0.15, -0.1) is 0 Å². The van der Waals surface area contributed by atoms with Gasteiger partial charge in [0.25, 0.3) is 5.91 Å². The lowest BCUT2D eigenvalue weighted by atomic mass is 9.87. The largest absolute Gasteiger partial charge is 0.481 e. The molecule has 3 aromatic carbocycles. The molecule has 1 aliphatic rings. The first-order chi connectivity index (χ1) is 18.0. The molecule has 0 aliphatic heterocycles. The van der Waals surface area contributed by atoms with Gasteiger partial charge in [0.05, 0.1) is 17.1 Å². The highest BCUT2D eigenvalue weighted by atomic mass is 19.1. The molecule has 188 valence electrons. The molecule has 3 N–H and O–H groups in total. The van der Waals surface area contributed by atoms with Crippen LogP contribution in [-0.2, 0) is 11.2 Å². The lowest BCUT2D eigenvalue weighted by molar-refractivity contribution is -0.137. The maximum Gasteiger partial charge on any atom is 0.303 e. The van der Waals surface area contributed by atoms with Gasteiger partial charge in [-0.2, -0.15) is 0 Å². The molecule has 0 spiro atoms. The Kier molecular flexibility index (Phi) is 7.07. The summed E-state index contributed by atoms with van der Waals surface area (Å²) in [6, 6.07) is 19.4. The summed E-state index contributed by atoms with van der Waals surface area (Å²) >= 11 is 0. The molecule has 37 heavy (non-hydrogen) atoms. The maximum atomic E-state index is 13.7. The Balaban J connectivity index is 1.42. The van der Waals surface area contributed by atoms with Crippen LogP contribution in [0.1, 0.15) is 53.2 Å². The van der Waals surface area contributed by atoms with Crippen LogP contribution in [0.3, 0.4) is 0 Å². The van der Waals surface area contributed by atoms with Gasteiger partial charge in [-0.1, -0.05) is 36.4 Å². The van der Waals surface area contributed by atoms with Crippen molar-refractivity contribution in [3.63, 3.8) is 0 Å². The Hall–Kier alpha value is -4.33. The van der Waals surface area contributed by atoms with Crippen molar-refractivity contribution in [2.24, 2.45) is 0 Å². The summed E-state index contributed by atoms with van der Waals surface area (Å²) in [5.41, 5.74) is 5.10. The van der Waals surface area contributed by atoms with Crippen molar-refractivity contribution < 1.29 is 19.1 Å². The van der Waals surface area contributed by atoms with Crippen LogP contribution < -0.4 is 10.6 Å². The fourth-order valence-electron chi connectivity index (χ4n) is 4.74. The molecule has 1 atom stereocenters. The summed E-state index contributed by atoms with van der Waals surface area (Å²) in [5.74, 6) is -0.809. The van der Waals surface area contributed by atoms with E-state index in [2.05, 4.69) is 10.6 Å². The number of carbonyl (C=O) groups excluding carboxylic acids is 1. The van der Waals surface area contributed by atoms with Gasteiger partial charge >= 0.3 is 5.97 Å². The Morgan fingerprint density at radius 3 is 2.65 bits per heavy atom. The molecule has 0 radical (unpaired) electrons. The average Bonchev–Trinajstić information content (AvgIpc) is 2.90. The van der Waals surface area contributed by atoms with E-state index in [1.165, 1.54) is 6.07 Å². The number of hydrogen-bond donors (Lipinski definition) is 3. The van der Waals surface area contributed by atoms with Gasteiger partial charge in [0.15, 0.2) is 5.82 Å². The number of fused-ring (bicyclic) bond motifs is 2. The number of benzene rings is 3. The van der Waals surface area contributed by atoms with Gasteiger partial charge in [0.2, 0.25) is 0 Å². The number of anilines is 1. The molecule has 1 heterocycles. The fourth-order valence-corrected chi connectivity index (χ4v) is 4.74. The SMILES string of the molecule is O=C(O)CCCNc1nc2cc(C(=O)N[C@@H]3CCCc4cc(F)ccc43)ccc2nc1-c1ccccc1. The zero-order valence-corrected chi connectivity index (χ0v) is 20.2. The molecule has 4 aromatic rings. The average molecular weight is 499 g/mol. The summed E-state index contributed by atoms with van der Waals surface area (Å²) in [4.78, 5) is 33.6. The highest BCUT2D eigenvalue weighted by Gasteiger charge is 2.23. The molecule has 1 aromatic heterocycles. The van der Waals surface area contributed by atoms with Crippen molar-refractivity contribution in [1.82, 2.24) is 15.3 Å². The zero-order chi connectivity index (χ0) is 25.8. The summed E-state index contributed by atoms with van der Waals surface area (Å²) in [7, 11) is 0. The van der Waals surface area contributed by atoms with Gasteiger partial charge in [-0.3, -0.25) is 9.59 Å². The summed E-state index contributed by atoms with van der Waals surface area (Å²) in [6.07, 6.45) is 2.97. The van der Waals surface area contributed by atoms with Gasteiger partial charge < -0.3 is 15.7 Å². The van der Waals surface area contributed by atoms with Crippen LogP contribution in [0.5, 0.6) is 0 Å². The molecular formula is C29H27FN4O3. The minimum absolute atomic E-state index is 0.0515. The number of carboxylic acid groups (broad SMARTS) is 1. The normalized spacial score (nSPS) is 14.7. The van der Waals surface area contributed by atoms with Gasteiger partial charge in [0.1, 0.15) is 11.5 Å². The van der Waals surface area contributed by atoms with Crippen molar-refractivity contribution >= 4 is 28.7 Å². The van der Waals surface area contributed by atoms with Crippen LogP contribution in [0.15, 0.2) is 66.7 Å². The predicted octanol–water partition coefficient (Wildman–Crippen LogP) is 5.52. The maximum absolute atomic E-state index is 13.7. The Bertz CT molecular complexity index is 1460. The highest BCUT2D eigenvalue weighted by Crippen LogP contribution is 2.31. The van der Waals surface area contributed by atoms with E-state index in [9.17, 15) is 14.0 Å². The third-order valence-corrected chi connectivity index (χ3v) is 6.56. The Morgan fingerprint density at radius 2 is 1.84 bits per heavy atom. The van der Waals surface area contributed by atoms with Gasteiger partial charge in [-0.05, 0) is 67.1 Å². The van der Waals surface area contributed by atoms with Crippen molar-refractivity contribution in [2.45, 2.75) is 38.1 Å². The first-order valence-electron chi connectivity index (χ1n) is 12.4. The number of halogens is 1. The van der Waals surface area contributed by atoms with E-state index in [0.29, 0.717) is 41.1 Å². The topological polar surface area (TPSA) is 104 Å². The fraction of sp³-hybridized carbons (Fsp3) is 0.241. The van der Waals surface area contributed by atoms with Crippen LogP contribution in [0.4, 0.5) is 10.2 Å². The number of carbonyl (C=O) groups is 2. The second-order valence-corrected chi connectivity index (χ2v) is 9.18. The summed E-state index contributed by atoms with van der Waals surface area (Å²) < 4.78 is 13.7. The smallest absolute Gasteiger partial charge is 0.303 e. The first kappa shape index (κ1) is 24.4. The molecule has 0 bridgehead atoms. The second-order valence-electron chi connectivity index (χ2n) is 9.18. The predicted molar refractivity (Wildman–Crippen MR) is 140 cm³/mol. The number of carboxylic acids is 1. The van der Waals surface area contributed by atoms with Gasteiger partial charge in [0, 0.05) is 24.1 Å². The van der Waals surface area contributed by atoms with Gasteiger partial charge in [-0.25, -0.2) is 14.4 Å². The van der Waals surface area contributed by atoms with Crippen molar-refractivity contribution in [3.8, 4) is 11.3 Å². The van der Waals surface area contributed by atoms with E-state index in [0.717, 1.165) is 36.0 Å². The second kappa shape index (κ2) is 10.7. The summed E-state index contributed by atoms with van der Waals surface area (Å²) in [5, 5.41) is 15.3. The van der Waals surface area contributed by atoms with Crippen LogP contribution >= 0.6 is 0 Å². The van der Waals surface area contributed by atoms with Crippen LogP contribution in [0.2, 0.25) is 0 Å². The monoisotopic (exact) mass is 498 g/mol. The Labute approximate surface area is 213 Å². The first-order valence-corrected chi connectivity index (χ1v) is 12.4. The lowest BCUT2D eigenvalue weighted by Gasteiger charge is -2.26. The minimum atomic E-state index is -0.851. The number of aromatic nitrogens is 2. The Morgan fingerprint density at radius 1 is 1.00 bits per heavy atom. The third kappa shape index (κ3) is 5.58. The molecule has 8 heteroatoms. The van der Waals surface area contributed by atoms with E-state index in [1.807, 2.05) is 30.3 Å². The highest BCUT2D eigenvalue weighted by molar-refractivity contribution is 5.98. The lowest BCUT2D eigenvalue weighted by Crippen LogP contribution is -2.31. The third-order valence-electron chi connectivity index (χ3n) is 6.56. The number of hydrogen-bond acceptors (Lipinski definition) is 5. The van der Waals surface area contributed by atoms with Crippen molar-refractivity contribution in [2.75, 3.05) is 11.9 Å². The molecule has 0 unspecified atom stereocenters. The molecule has 1 amide bonds. The molecule has 1 aliphatic carbocycles. The number of nitrogens with one attached hydrogen (secondary N) is 2. The zero-order valence-electron chi connectivity index (χ0n) is 20.2. The molecule has 5 rings (SSSR count). The molecular weight excluding hydrogens is 471 g/mol. The summed E-state index contributed by atoms with van der Waals surface area (Å²) in [6.45, 7) is 0.425. The minimum Gasteiger partial charge on any atom is -0.481 e. The molecule has 0 saturated carbocycles. The van der Waals surface area contributed by atoms with Crippen molar-refractivity contribution in [3.05, 3.63) is 89.2 Å². The van der Waals surface area contributed by atoms with E-state index >= 15 is 0 Å². The van der Waals surface area contributed by atoms with Crippen LogP contribution in [0, 0.1) is 5.82 Å². The van der Waals surface area contributed by atoms with Crippen LogP contribution in [0.25, 0.3) is 22.3 Å². The van der Waals surface area contributed by atoms with E-state index in [-0.39, 0.29) is 24.2 Å². The standard InChI is InChI=1S/C29H27FN4O3/c30-21-12-13-22-19(16-21)8-4-9-23(22)34-29(37)20-11-14-24-25(17-20)33-28(31-15-5-10-26(35)36)27(32-24)18-6-2-1-3-7-18/h1-3,6-7,11-14,16-17,23H,4-5,8-10,15H2,(H,31,33)(H,34,37)(H,35,36)/t23-/m1/s1. The number of aliphatic carboxylic acids is 1. The van der Waals surface area contributed by atoms with Crippen molar-refractivity contribution in [1.29, 1.82) is 0 Å². The van der Waals surface area contributed by atoms with Crippen LogP contribution in [-0.4, -0.2) is 33.5 Å².